The molecule has 0 saturated carbocycles. The van der Waals surface area contributed by atoms with E-state index in [2.05, 4.69) is 25.3 Å². The molecule has 3 N–H and O–H groups in total. The third-order valence-electron chi connectivity index (χ3n) is 5.42. The van der Waals surface area contributed by atoms with Crippen molar-refractivity contribution in [3.63, 3.8) is 0 Å². The maximum absolute atomic E-state index is 13.4. The zero-order valence-electron chi connectivity index (χ0n) is 19.8. The highest BCUT2D eigenvalue weighted by Crippen LogP contribution is 2.34. The molecule has 5 rings (SSSR count). The van der Waals surface area contributed by atoms with E-state index in [1.54, 1.807) is 12.3 Å². The Morgan fingerprint density at radius 2 is 1.92 bits per heavy atom. The van der Waals surface area contributed by atoms with Crippen LogP contribution in [0.25, 0.3) is 32.3 Å². The van der Waals surface area contributed by atoms with Crippen LogP contribution in [0.4, 0.5) is 5.69 Å². The molecule has 0 radical (unpaired) electrons. The number of hydrogen-bond donors (Lipinski definition) is 3. The molecule has 37 heavy (non-hydrogen) atoms. The summed E-state index contributed by atoms with van der Waals surface area (Å²) < 4.78 is 5.56. The Kier molecular flexibility index (Phi) is 7.13. The second kappa shape index (κ2) is 10.8. The number of nitrogens with zero attached hydrogens (tertiary/aromatic N) is 4. The smallest absolute Gasteiger partial charge is 0.274 e. The third kappa shape index (κ3) is 5.61. The number of thiazole rings is 1. The fourth-order valence-corrected chi connectivity index (χ4v) is 4.56. The molecule has 0 aliphatic heterocycles. The topological polar surface area (TPSA) is 130 Å². The maximum atomic E-state index is 13.4. The van der Waals surface area contributed by atoms with Crippen LogP contribution in [0, 0.1) is 6.92 Å². The van der Waals surface area contributed by atoms with E-state index in [4.69, 9.17) is 9.84 Å². The van der Waals surface area contributed by atoms with Crippen LogP contribution in [-0.2, 0) is 0 Å². The van der Waals surface area contributed by atoms with Gasteiger partial charge in [-0.15, -0.1) is 0 Å². The van der Waals surface area contributed by atoms with Crippen molar-refractivity contribution in [3.05, 3.63) is 84.2 Å². The molecule has 3 aromatic heterocycles. The lowest BCUT2D eigenvalue weighted by Crippen LogP contribution is -2.22. The number of aryl methyl sites for hydroxylation is 1. The molecule has 0 unspecified atom stereocenters. The second-order valence-electron chi connectivity index (χ2n) is 8.28. The van der Waals surface area contributed by atoms with Crippen molar-refractivity contribution in [2.24, 2.45) is 0 Å². The zero-order valence-corrected chi connectivity index (χ0v) is 20.6. The Bertz CT molecular complexity index is 1540. The van der Waals surface area contributed by atoms with Crippen LogP contribution in [0.15, 0.2) is 72.9 Å². The van der Waals surface area contributed by atoms with Gasteiger partial charge < -0.3 is 20.3 Å². The third-order valence-corrected chi connectivity index (χ3v) is 6.43. The lowest BCUT2D eigenvalue weighted by Gasteiger charge is -2.13. The van der Waals surface area contributed by atoms with Crippen molar-refractivity contribution in [2.75, 3.05) is 18.5 Å². The summed E-state index contributed by atoms with van der Waals surface area (Å²) in [5, 5.41) is 22.5. The van der Waals surface area contributed by atoms with Gasteiger partial charge in [-0.1, -0.05) is 47.2 Å². The molecule has 2 aromatic carbocycles. The van der Waals surface area contributed by atoms with Gasteiger partial charge in [0.2, 0.25) is 5.88 Å². The number of rotatable bonds is 8. The molecule has 186 valence electrons. The summed E-state index contributed by atoms with van der Waals surface area (Å²) in [5.74, 6) is -0.0550. The summed E-state index contributed by atoms with van der Waals surface area (Å²) in [6.45, 7) is 1.31. The number of pyridine rings is 1. The highest BCUT2D eigenvalue weighted by molar-refractivity contribution is 7.21. The number of aliphatic hydroxyl groups is 2. The Labute approximate surface area is 216 Å². The molecule has 0 spiro atoms. The highest BCUT2D eigenvalue weighted by Gasteiger charge is 2.18. The Morgan fingerprint density at radius 3 is 2.73 bits per heavy atom. The first-order valence-electron chi connectivity index (χ1n) is 11.5. The van der Waals surface area contributed by atoms with E-state index >= 15 is 0 Å². The number of anilines is 1. The van der Waals surface area contributed by atoms with Gasteiger partial charge in [0.05, 0.1) is 12.3 Å². The number of nitrogens with one attached hydrogen (secondary N) is 1. The molecule has 0 saturated heterocycles. The van der Waals surface area contributed by atoms with Gasteiger partial charge in [0.1, 0.15) is 33.8 Å². The van der Waals surface area contributed by atoms with E-state index in [1.165, 1.54) is 17.4 Å². The number of ether oxygens (including phenoxy) is 1. The molecule has 1 atom stereocenters. The normalized spacial score (nSPS) is 11.9. The van der Waals surface area contributed by atoms with E-state index in [0.717, 1.165) is 26.5 Å². The van der Waals surface area contributed by atoms with Crippen LogP contribution in [0.1, 0.15) is 16.1 Å². The van der Waals surface area contributed by atoms with E-state index < -0.39 is 18.6 Å². The van der Waals surface area contributed by atoms with Crippen molar-refractivity contribution in [3.8, 4) is 27.8 Å². The van der Waals surface area contributed by atoms with Gasteiger partial charge in [-0.05, 0) is 37.3 Å². The van der Waals surface area contributed by atoms with Gasteiger partial charge in [0.15, 0.2) is 5.82 Å². The van der Waals surface area contributed by atoms with Crippen LogP contribution < -0.4 is 10.1 Å². The lowest BCUT2D eigenvalue weighted by molar-refractivity contribution is 0.0520. The number of amides is 1. The molecule has 9 nitrogen and oxygen atoms in total. The monoisotopic (exact) mass is 513 g/mol. The molecule has 10 heteroatoms. The van der Waals surface area contributed by atoms with Crippen molar-refractivity contribution in [1.82, 2.24) is 19.9 Å². The van der Waals surface area contributed by atoms with Crippen molar-refractivity contribution in [1.29, 1.82) is 0 Å². The quantitative estimate of drug-likeness (QED) is 0.283. The number of para-hydroxylation sites is 1. The molecular weight excluding hydrogens is 490 g/mol. The summed E-state index contributed by atoms with van der Waals surface area (Å²) >= 11 is 1.44. The Hall–Kier alpha value is -4.25. The van der Waals surface area contributed by atoms with Crippen LogP contribution in [-0.4, -0.2) is 55.4 Å². The number of fused-ring (bicyclic) bond motifs is 1. The van der Waals surface area contributed by atoms with Gasteiger partial charge in [-0.25, -0.2) is 15.0 Å². The molecule has 0 aliphatic rings. The number of hydrogen-bond acceptors (Lipinski definition) is 9. The first-order chi connectivity index (χ1) is 18.0. The summed E-state index contributed by atoms with van der Waals surface area (Å²) in [6.07, 6.45) is 0.641. The maximum Gasteiger partial charge on any atom is 0.274 e. The second-order valence-corrected chi connectivity index (χ2v) is 9.26. The molecule has 3 heterocycles. The Morgan fingerprint density at radius 1 is 1.05 bits per heavy atom. The first kappa shape index (κ1) is 24.4. The minimum atomic E-state index is -1.08. The van der Waals surface area contributed by atoms with Crippen molar-refractivity contribution >= 4 is 33.3 Å². The number of aromatic nitrogens is 4. The molecule has 0 aliphatic carbocycles. The summed E-state index contributed by atoms with van der Waals surface area (Å²) in [7, 11) is 0. The predicted molar refractivity (Wildman–Crippen MR) is 142 cm³/mol. The zero-order chi connectivity index (χ0) is 25.8. The largest absolute Gasteiger partial charge is 0.475 e. The average Bonchev–Trinajstić information content (AvgIpc) is 3.36. The number of benzene rings is 2. The summed E-state index contributed by atoms with van der Waals surface area (Å²) in [4.78, 5) is 32.1. The van der Waals surface area contributed by atoms with E-state index in [0.29, 0.717) is 17.1 Å². The van der Waals surface area contributed by atoms with Gasteiger partial charge in [-0.2, -0.15) is 4.98 Å². The highest BCUT2D eigenvalue weighted by atomic mass is 32.1. The average molecular weight is 514 g/mol. The number of aliphatic hydroxyl groups excluding tert-OH is 2. The predicted octanol–water partition coefficient (Wildman–Crippen LogP) is 4.11. The van der Waals surface area contributed by atoms with Crippen LogP contribution >= 0.6 is 11.3 Å². The SMILES string of the molecule is Cc1cccc(-c2nc(OC[C@@H](O)CO)cc(C(=O)Nc3ccccc3-c3nc4cccnc4s3)n2)c1. The van der Waals surface area contributed by atoms with Crippen LogP contribution in [0.2, 0.25) is 0 Å². The van der Waals surface area contributed by atoms with E-state index in [9.17, 15) is 9.90 Å². The van der Waals surface area contributed by atoms with Crippen molar-refractivity contribution < 1.29 is 19.7 Å². The standard InChI is InChI=1S/C27H23N5O4S/c1-16-6-4-7-17(12-16)24-29-22(13-23(32-24)36-15-18(34)14-33)25(35)30-20-9-3-2-8-19(20)26-31-21-10-5-11-28-27(21)37-26/h2-13,18,33-34H,14-15H2,1H3,(H,30,35)/t18-/m0/s1. The number of carbonyl (C=O) groups is 1. The van der Waals surface area contributed by atoms with Gasteiger partial charge in [0, 0.05) is 23.4 Å². The van der Waals surface area contributed by atoms with Crippen LogP contribution in [0.3, 0.4) is 0 Å². The summed E-state index contributed by atoms with van der Waals surface area (Å²) in [6, 6.07) is 20.1. The van der Waals surface area contributed by atoms with Gasteiger partial charge >= 0.3 is 0 Å². The van der Waals surface area contributed by atoms with Crippen LogP contribution in [0.5, 0.6) is 5.88 Å². The molecule has 0 bridgehead atoms. The van der Waals surface area contributed by atoms with E-state index in [-0.39, 0.29) is 18.2 Å². The Balaban J connectivity index is 1.48. The fourth-order valence-electron chi connectivity index (χ4n) is 3.61. The van der Waals surface area contributed by atoms with Gasteiger partial charge in [0.25, 0.3) is 5.91 Å². The van der Waals surface area contributed by atoms with Gasteiger partial charge in [-0.3, -0.25) is 4.79 Å². The molecule has 5 aromatic rings. The molecular formula is C27H23N5O4S. The molecule has 0 fully saturated rings. The lowest BCUT2D eigenvalue weighted by atomic mass is 10.1. The number of carbonyl (C=O) groups excluding carboxylic acids is 1. The summed E-state index contributed by atoms with van der Waals surface area (Å²) in [5.41, 5.74) is 3.92. The molecule has 1 amide bonds. The minimum Gasteiger partial charge on any atom is -0.475 e. The van der Waals surface area contributed by atoms with E-state index in [1.807, 2.05) is 61.5 Å². The van der Waals surface area contributed by atoms with Crippen molar-refractivity contribution in [2.45, 2.75) is 13.0 Å². The fraction of sp³-hybridized carbons (Fsp3) is 0.148. The minimum absolute atomic E-state index is 0.0840. The first-order valence-corrected chi connectivity index (χ1v) is 12.3.